The fourth-order valence-corrected chi connectivity index (χ4v) is 3.07. The molecule has 0 aliphatic carbocycles. The zero-order chi connectivity index (χ0) is 17.1. The Labute approximate surface area is 146 Å². The Morgan fingerprint density at radius 1 is 1.08 bits per heavy atom. The van der Waals surface area contributed by atoms with E-state index in [1.54, 1.807) is 54.6 Å². The largest absolute Gasteiger partial charge is 0.508 e. The highest BCUT2D eigenvalue weighted by Gasteiger charge is 2.03. The number of carbonyl (C=O) groups is 1. The average Bonchev–Trinajstić information content (AvgIpc) is 2.89. The van der Waals surface area contributed by atoms with Gasteiger partial charge in [0, 0.05) is 16.7 Å². The first-order valence-corrected chi connectivity index (χ1v) is 8.22. The quantitative estimate of drug-likeness (QED) is 0.706. The third kappa shape index (κ3) is 3.82. The summed E-state index contributed by atoms with van der Waals surface area (Å²) in [5, 5.41) is 9.83. The number of Topliss-reactive ketones (excluding diaryl/α,β-unsaturated/α-hetero) is 1. The number of H-pyrrole nitrogens is 1. The molecule has 3 aromatic rings. The van der Waals surface area contributed by atoms with Crippen LogP contribution in [0.3, 0.4) is 0 Å². The van der Waals surface area contributed by atoms with Gasteiger partial charge in [0.2, 0.25) is 0 Å². The molecule has 0 bridgehead atoms. The Balaban J connectivity index is 1.96. The van der Waals surface area contributed by atoms with Crippen LogP contribution in [-0.2, 0) is 0 Å². The van der Waals surface area contributed by atoms with E-state index >= 15 is 0 Å². The van der Waals surface area contributed by atoms with Gasteiger partial charge in [-0.15, -0.1) is 11.3 Å². The molecule has 2 aromatic carbocycles. The number of phenolic OH excluding ortho intramolecular Hbond substituents is 1. The first-order valence-electron chi connectivity index (χ1n) is 7.03. The second-order valence-electron chi connectivity index (χ2n) is 5.04. The number of rotatable bonds is 3. The number of nitrogens with one attached hydrogen (secondary N) is 1. The molecule has 120 valence electrons. The van der Waals surface area contributed by atoms with Gasteiger partial charge in [-0.3, -0.25) is 9.59 Å². The van der Waals surface area contributed by atoms with E-state index in [1.165, 1.54) is 17.4 Å². The molecular formula is C18H12ClNO3S. The van der Waals surface area contributed by atoms with Crippen molar-refractivity contribution in [2.75, 3.05) is 0 Å². The lowest BCUT2D eigenvalue weighted by Crippen LogP contribution is -2.19. The number of thiazole rings is 1. The van der Waals surface area contributed by atoms with Gasteiger partial charge in [-0.2, -0.15) is 0 Å². The summed E-state index contributed by atoms with van der Waals surface area (Å²) in [4.78, 5) is 26.9. The zero-order valence-corrected chi connectivity index (χ0v) is 13.9. The maximum Gasteiger partial charge on any atom is 0.266 e. The second-order valence-corrected chi connectivity index (χ2v) is 6.56. The van der Waals surface area contributed by atoms with Crippen LogP contribution in [0.1, 0.15) is 15.9 Å². The molecule has 0 radical (unpaired) electrons. The van der Waals surface area contributed by atoms with Gasteiger partial charge in [0.15, 0.2) is 5.78 Å². The molecule has 0 saturated carbocycles. The van der Waals surface area contributed by atoms with Crippen molar-refractivity contribution in [1.29, 1.82) is 0 Å². The summed E-state index contributed by atoms with van der Waals surface area (Å²) in [6.07, 6.45) is 3.09. The molecular weight excluding hydrogens is 346 g/mol. The summed E-state index contributed by atoms with van der Waals surface area (Å²) in [6.45, 7) is 0. The lowest BCUT2D eigenvalue weighted by molar-refractivity contribution is 0.106. The average molecular weight is 358 g/mol. The molecule has 0 aliphatic rings. The minimum Gasteiger partial charge on any atom is -0.508 e. The number of hydrogen-bond donors (Lipinski definition) is 2. The van der Waals surface area contributed by atoms with E-state index in [2.05, 4.69) is 4.98 Å². The van der Waals surface area contributed by atoms with Crippen molar-refractivity contribution in [2.45, 2.75) is 0 Å². The number of aromatic hydroxyl groups is 1. The second kappa shape index (κ2) is 6.86. The minimum atomic E-state index is -0.261. The Morgan fingerprint density at radius 3 is 2.42 bits per heavy atom. The van der Waals surface area contributed by atoms with Crippen molar-refractivity contribution in [3.63, 3.8) is 0 Å². The highest BCUT2D eigenvalue weighted by Crippen LogP contribution is 2.11. The van der Waals surface area contributed by atoms with E-state index in [4.69, 9.17) is 11.6 Å². The Morgan fingerprint density at radius 2 is 1.75 bits per heavy atom. The van der Waals surface area contributed by atoms with Crippen LogP contribution in [-0.4, -0.2) is 15.9 Å². The monoisotopic (exact) mass is 357 g/mol. The first-order chi connectivity index (χ1) is 11.5. The van der Waals surface area contributed by atoms with Crippen molar-refractivity contribution in [2.24, 2.45) is 0 Å². The van der Waals surface area contributed by atoms with E-state index in [0.717, 1.165) is 5.56 Å². The van der Waals surface area contributed by atoms with Crippen molar-refractivity contribution >= 4 is 40.9 Å². The molecule has 0 atom stereocenters. The molecule has 0 unspecified atom stereocenters. The summed E-state index contributed by atoms with van der Waals surface area (Å²) < 4.78 is 0.959. The molecule has 0 saturated heterocycles. The number of ketones is 1. The predicted octanol–water partition coefficient (Wildman–Crippen LogP) is 2.29. The summed E-state index contributed by atoms with van der Waals surface area (Å²) in [5.74, 6) is -0.0461. The normalized spacial score (nSPS) is 12.5. The molecule has 0 aliphatic heterocycles. The zero-order valence-electron chi connectivity index (χ0n) is 12.3. The van der Waals surface area contributed by atoms with Crippen LogP contribution < -0.4 is 14.8 Å². The Hall–Kier alpha value is -2.63. The van der Waals surface area contributed by atoms with E-state index in [-0.39, 0.29) is 17.1 Å². The maximum absolute atomic E-state index is 12.2. The van der Waals surface area contributed by atoms with Crippen LogP contribution in [0, 0.1) is 0 Å². The number of aromatic amines is 1. The van der Waals surface area contributed by atoms with Crippen molar-refractivity contribution in [3.8, 4) is 5.75 Å². The number of carbonyl (C=O) groups excluding carboxylic acids is 1. The highest BCUT2D eigenvalue weighted by atomic mass is 35.5. The summed E-state index contributed by atoms with van der Waals surface area (Å²) in [7, 11) is 0. The van der Waals surface area contributed by atoms with Crippen LogP contribution in [0.15, 0.2) is 53.3 Å². The molecule has 0 fully saturated rings. The van der Waals surface area contributed by atoms with E-state index in [1.807, 2.05) is 0 Å². The fraction of sp³-hybridized carbons (Fsp3) is 0. The van der Waals surface area contributed by atoms with Crippen molar-refractivity contribution in [3.05, 3.63) is 84.2 Å². The summed E-state index contributed by atoms with van der Waals surface area (Å²) >= 11 is 7.00. The van der Waals surface area contributed by atoms with E-state index in [9.17, 15) is 14.7 Å². The van der Waals surface area contributed by atoms with Gasteiger partial charge in [-0.1, -0.05) is 23.7 Å². The number of aromatic nitrogens is 1. The standard InChI is InChI=1S/C18H12ClNO3S/c19-13-5-3-12(4-6-13)15(22)10-17-20-18(23)16(24-17)9-11-1-7-14(21)8-2-11/h1-10,21H,(H,20,23). The van der Waals surface area contributed by atoms with Gasteiger partial charge < -0.3 is 10.1 Å². The Kier molecular flexibility index (Phi) is 4.64. The van der Waals surface area contributed by atoms with Gasteiger partial charge in [0.25, 0.3) is 5.56 Å². The van der Waals surface area contributed by atoms with Crippen LogP contribution in [0.2, 0.25) is 5.02 Å². The van der Waals surface area contributed by atoms with Gasteiger partial charge >= 0.3 is 0 Å². The Bertz CT molecular complexity index is 1050. The molecule has 0 spiro atoms. The van der Waals surface area contributed by atoms with Crippen LogP contribution in [0.4, 0.5) is 0 Å². The van der Waals surface area contributed by atoms with Crippen molar-refractivity contribution < 1.29 is 9.90 Å². The minimum absolute atomic E-state index is 0.162. The summed E-state index contributed by atoms with van der Waals surface area (Å²) in [6, 6.07) is 13.1. The maximum atomic E-state index is 12.2. The third-order valence-corrected chi connectivity index (χ3v) is 4.48. The van der Waals surface area contributed by atoms with Gasteiger partial charge in [0.05, 0.1) is 9.20 Å². The number of hydrogen-bond acceptors (Lipinski definition) is 4. The van der Waals surface area contributed by atoms with Gasteiger partial charge in [-0.25, -0.2) is 0 Å². The van der Waals surface area contributed by atoms with Crippen LogP contribution in [0.25, 0.3) is 12.2 Å². The smallest absolute Gasteiger partial charge is 0.266 e. The first kappa shape index (κ1) is 16.2. The van der Waals surface area contributed by atoms with Crippen LogP contribution >= 0.6 is 22.9 Å². The molecule has 4 nitrogen and oxygen atoms in total. The predicted molar refractivity (Wildman–Crippen MR) is 96.1 cm³/mol. The number of benzene rings is 2. The third-order valence-electron chi connectivity index (χ3n) is 3.26. The molecule has 0 amide bonds. The van der Waals surface area contributed by atoms with E-state index in [0.29, 0.717) is 19.8 Å². The molecule has 24 heavy (non-hydrogen) atoms. The summed E-state index contributed by atoms with van der Waals surface area (Å²) in [5.41, 5.74) is 1.02. The lowest BCUT2D eigenvalue weighted by atomic mass is 10.1. The topological polar surface area (TPSA) is 70.2 Å². The van der Waals surface area contributed by atoms with Crippen molar-refractivity contribution in [1.82, 2.24) is 4.98 Å². The molecule has 3 rings (SSSR count). The van der Waals surface area contributed by atoms with Crippen LogP contribution in [0.5, 0.6) is 5.75 Å². The number of phenols is 1. The fourth-order valence-electron chi connectivity index (χ4n) is 2.06. The number of halogens is 1. The molecule has 6 heteroatoms. The van der Waals surface area contributed by atoms with Gasteiger partial charge in [0.1, 0.15) is 5.75 Å². The SMILES string of the molecule is O=C(C=c1[nH]c(=O)c(=Cc2ccc(O)cc2)s1)c1ccc(Cl)cc1. The van der Waals surface area contributed by atoms with E-state index < -0.39 is 0 Å². The molecule has 2 N–H and O–H groups in total. The highest BCUT2D eigenvalue weighted by molar-refractivity contribution is 7.07. The molecule has 1 aromatic heterocycles. The lowest BCUT2D eigenvalue weighted by Gasteiger charge is -1.94. The van der Waals surface area contributed by atoms with Gasteiger partial charge in [-0.05, 0) is 48.0 Å². The molecule has 1 heterocycles.